The minimum Gasteiger partial charge on any atom is -0.339 e. The third-order valence-electron chi connectivity index (χ3n) is 5.93. The van der Waals surface area contributed by atoms with Gasteiger partial charge in [0.15, 0.2) is 0 Å². The molecule has 3 nitrogen and oxygen atoms in total. The predicted octanol–water partition coefficient (Wildman–Crippen LogP) is 2.95. The van der Waals surface area contributed by atoms with Crippen LogP contribution in [0.1, 0.15) is 64.7 Å². The van der Waals surface area contributed by atoms with Crippen molar-refractivity contribution in [2.75, 3.05) is 19.6 Å². The highest BCUT2D eigenvalue weighted by molar-refractivity contribution is 5.84. The summed E-state index contributed by atoms with van der Waals surface area (Å²) in [6.07, 6.45) is 11.2. The lowest BCUT2D eigenvalue weighted by Gasteiger charge is -2.37. The normalized spacial score (nSPS) is 35.0. The molecule has 1 aliphatic carbocycles. The van der Waals surface area contributed by atoms with Crippen molar-refractivity contribution in [3.05, 3.63) is 0 Å². The van der Waals surface area contributed by atoms with E-state index >= 15 is 0 Å². The molecule has 0 radical (unpaired) electrons. The van der Waals surface area contributed by atoms with Gasteiger partial charge < -0.3 is 10.2 Å². The number of nitrogens with one attached hydrogen (secondary N) is 1. The fourth-order valence-corrected chi connectivity index (χ4v) is 4.91. The van der Waals surface area contributed by atoms with E-state index in [0.29, 0.717) is 11.9 Å². The molecular weight excluding hydrogens is 248 g/mol. The van der Waals surface area contributed by atoms with Crippen LogP contribution in [0.2, 0.25) is 0 Å². The standard InChI is InChI=1S/C17H30N2O/c1-2-9-17(10-11-18-13-17)16(20)19-12-5-8-15(19)14-6-3-4-7-14/h14-15,18H,2-13H2,1H3. The molecule has 3 fully saturated rings. The Hall–Kier alpha value is -0.570. The highest BCUT2D eigenvalue weighted by atomic mass is 16.2. The lowest BCUT2D eigenvalue weighted by Crippen LogP contribution is -2.49. The Labute approximate surface area is 123 Å². The van der Waals surface area contributed by atoms with E-state index in [9.17, 15) is 4.79 Å². The van der Waals surface area contributed by atoms with Gasteiger partial charge in [0.25, 0.3) is 0 Å². The number of carbonyl (C=O) groups excluding carboxylic acids is 1. The van der Waals surface area contributed by atoms with E-state index in [2.05, 4.69) is 17.1 Å². The van der Waals surface area contributed by atoms with Crippen molar-refractivity contribution in [2.45, 2.75) is 70.8 Å². The summed E-state index contributed by atoms with van der Waals surface area (Å²) in [5, 5.41) is 3.44. The summed E-state index contributed by atoms with van der Waals surface area (Å²) in [4.78, 5) is 15.5. The molecule has 1 saturated carbocycles. The molecule has 0 aromatic heterocycles. The van der Waals surface area contributed by atoms with Gasteiger partial charge in [0.05, 0.1) is 5.41 Å². The van der Waals surface area contributed by atoms with Crippen molar-refractivity contribution in [1.29, 1.82) is 0 Å². The van der Waals surface area contributed by atoms with Crippen molar-refractivity contribution in [3.63, 3.8) is 0 Å². The maximum atomic E-state index is 13.2. The molecule has 3 rings (SSSR count). The highest BCUT2D eigenvalue weighted by Crippen LogP contribution is 2.40. The maximum absolute atomic E-state index is 13.2. The molecule has 1 N–H and O–H groups in total. The van der Waals surface area contributed by atoms with Gasteiger partial charge in [0.2, 0.25) is 5.91 Å². The first kappa shape index (κ1) is 14.4. The molecule has 0 spiro atoms. The average molecular weight is 278 g/mol. The van der Waals surface area contributed by atoms with E-state index < -0.39 is 0 Å². The number of rotatable bonds is 4. The summed E-state index contributed by atoms with van der Waals surface area (Å²) in [6, 6.07) is 0.569. The first-order valence-electron chi connectivity index (χ1n) is 8.79. The number of hydrogen-bond donors (Lipinski definition) is 1. The average Bonchev–Trinajstić information content (AvgIpc) is 3.19. The van der Waals surface area contributed by atoms with Gasteiger partial charge >= 0.3 is 0 Å². The van der Waals surface area contributed by atoms with Crippen LogP contribution >= 0.6 is 0 Å². The van der Waals surface area contributed by atoms with Gasteiger partial charge in [-0.05, 0) is 51.0 Å². The maximum Gasteiger partial charge on any atom is 0.230 e. The Morgan fingerprint density at radius 3 is 2.70 bits per heavy atom. The molecule has 3 aliphatic rings. The molecule has 2 aliphatic heterocycles. The Balaban J connectivity index is 1.74. The first-order valence-corrected chi connectivity index (χ1v) is 8.79. The SMILES string of the molecule is CCCC1(C(=O)N2CCCC2C2CCCC2)CCNC1. The molecule has 20 heavy (non-hydrogen) atoms. The van der Waals surface area contributed by atoms with Crippen LogP contribution in [0, 0.1) is 11.3 Å². The third kappa shape index (κ3) is 2.49. The number of likely N-dealkylation sites (tertiary alicyclic amines) is 1. The summed E-state index contributed by atoms with van der Waals surface area (Å²) in [7, 11) is 0. The number of carbonyl (C=O) groups is 1. The zero-order chi connectivity index (χ0) is 14.0. The van der Waals surface area contributed by atoms with E-state index in [0.717, 1.165) is 44.8 Å². The Bertz CT molecular complexity index is 343. The van der Waals surface area contributed by atoms with E-state index in [1.54, 1.807) is 0 Å². The zero-order valence-electron chi connectivity index (χ0n) is 13.0. The topological polar surface area (TPSA) is 32.3 Å². The summed E-state index contributed by atoms with van der Waals surface area (Å²) in [6.45, 7) is 5.17. The Morgan fingerprint density at radius 2 is 2.05 bits per heavy atom. The summed E-state index contributed by atoms with van der Waals surface area (Å²) >= 11 is 0. The van der Waals surface area contributed by atoms with Crippen LogP contribution in [0.15, 0.2) is 0 Å². The van der Waals surface area contributed by atoms with E-state index in [1.807, 2.05) is 0 Å². The van der Waals surface area contributed by atoms with E-state index in [4.69, 9.17) is 0 Å². The minimum atomic E-state index is -0.0735. The second-order valence-corrected chi connectivity index (χ2v) is 7.21. The minimum absolute atomic E-state index is 0.0735. The van der Waals surface area contributed by atoms with Crippen LogP contribution in [-0.2, 0) is 4.79 Å². The van der Waals surface area contributed by atoms with Crippen LogP contribution in [0.25, 0.3) is 0 Å². The third-order valence-corrected chi connectivity index (χ3v) is 5.93. The quantitative estimate of drug-likeness (QED) is 0.857. The van der Waals surface area contributed by atoms with Gasteiger partial charge in [-0.3, -0.25) is 4.79 Å². The largest absolute Gasteiger partial charge is 0.339 e. The predicted molar refractivity (Wildman–Crippen MR) is 81.5 cm³/mol. The lowest BCUT2D eigenvalue weighted by atomic mass is 9.80. The summed E-state index contributed by atoms with van der Waals surface area (Å²) < 4.78 is 0. The molecule has 3 heteroatoms. The fraction of sp³-hybridized carbons (Fsp3) is 0.941. The molecule has 2 heterocycles. The van der Waals surface area contributed by atoms with Gasteiger partial charge in [-0.25, -0.2) is 0 Å². The van der Waals surface area contributed by atoms with Crippen molar-refractivity contribution in [3.8, 4) is 0 Å². The zero-order valence-corrected chi connectivity index (χ0v) is 13.0. The van der Waals surface area contributed by atoms with Gasteiger partial charge in [-0.1, -0.05) is 26.2 Å². The van der Waals surface area contributed by atoms with Crippen LogP contribution < -0.4 is 5.32 Å². The van der Waals surface area contributed by atoms with Crippen molar-refractivity contribution in [1.82, 2.24) is 10.2 Å². The molecule has 0 bridgehead atoms. The van der Waals surface area contributed by atoms with Gasteiger partial charge in [0, 0.05) is 19.1 Å². The van der Waals surface area contributed by atoms with Crippen molar-refractivity contribution < 1.29 is 4.79 Å². The molecule has 2 atom stereocenters. The molecule has 114 valence electrons. The molecule has 0 aromatic carbocycles. The first-order chi connectivity index (χ1) is 9.77. The van der Waals surface area contributed by atoms with Crippen molar-refractivity contribution in [2.24, 2.45) is 11.3 Å². The molecule has 0 aromatic rings. The van der Waals surface area contributed by atoms with Crippen LogP contribution in [0.3, 0.4) is 0 Å². The molecule has 2 unspecified atom stereocenters. The monoisotopic (exact) mass is 278 g/mol. The van der Waals surface area contributed by atoms with Crippen molar-refractivity contribution >= 4 is 5.91 Å². The van der Waals surface area contributed by atoms with Crippen LogP contribution in [-0.4, -0.2) is 36.5 Å². The van der Waals surface area contributed by atoms with Gasteiger partial charge in [-0.2, -0.15) is 0 Å². The second-order valence-electron chi connectivity index (χ2n) is 7.21. The second kappa shape index (κ2) is 6.05. The summed E-state index contributed by atoms with van der Waals surface area (Å²) in [5.41, 5.74) is -0.0735. The lowest BCUT2D eigenvalue weighted by molar-refractivity contribution is -0.143. The van der Waals surface area contributed by atoms with E-state index in [1.165, 1.54) is 38.5 Å². The van der Waals surface area contributed by atoms with Gasteiger partial charge in [0.1, 0.15) is 0 Å². The molecule has 2 saturated heterocycles. The Morgan fingerprint density at radius 1 is 1.25 bits per heavy atom. The van der Waals surface area contributed by atoms with E-state index in [-0.39, 0.29) is 5.41 Å². The molecule has 1 amide bonds. The molecular formula is C17H30N2O. The number of hydrogen-bond acceptors (Lipinski definition) is 2. The number of amides is 1. The Kier molecular flexibility index (Phi) is 4.34. The number of nitrogens with zero attached hydrogens (tertiary/aromatic N) is 1. The highest BCUT2D eigenvalue weighted by Gasteiger charge is 2.46. The van der Waals surface area contributed by atoms with Crippen LogP contribution in [0.5, 0.6) is 0 Å². The van der Waals surface area contributed by atoms with Crippen LogP contribution in [0.4, 0.5) is 0 Å². The summed E-state index contributed by atoms with van der Waals surface area (Å²) in [5.74, 6) is 1.29. The smallest absolute Gasteiger partial charge is 0.230 e. The van der Waals surface area contributed by atoms with Gasteiger partial charge in [-0.15, -0.1) is 0 Å². The fourth-order valence-electron chi connectivity index (χ4n) is 4.91.